The van der Waals surface area contributed by atoms with Crippen LogP contribution in [0.1, 0.15) is 13.8 Å². The number of nitrogens with two attached hydrogens (primary N) is 1. The molecule has 0 saturated heterocycles. The molecule has 0 aliphatic heterocycles. The Morgan fingerprint density at radius 2 is 1.54 bits per heavy atom. The van der Waals surface area contributed by atoms with E-state index in [-0.39, 0.29) is 0 Å². The summed E-state index contributed by atoms with van der Waals surface area (Å²) in [6.07, 6.45) is 0. The second kappa shape index (κ2) is 6.66. The van der Waals surface area contributed by atoms with E-state index in [2.05, 4.69) is 0 Å². The maximum Gasteiger partial charge on any atom is 0.488 e. The molecular formula is C9H16BNO2. The molecular weight excluding hydrogens is 165 g/mol. The first kappa shape index (κ1) is 12.2. The molecule has 0 fully saturated rings. The van der Waals surface area contributed by atoms with Crippen LogP contribution in [0.5, 0.6) is 0 Å². The standard InChI is InChI=1S/C6H7BO2.C3H9N/c8-7(9)6-4-2-1-3-5-6;1-3(2)4/h1-5,8-9H;3H,4H2,1-2H3. The van der Waals surface area contributed by atoms with Gasteiger partial charge in [-0.3, -0.25) is 0 Å². The van der Waals surface area contributed by atoms with Crippen molar-refractivity contribution >= 4 is 12.6 Å². The Balaban J connectivity index is 0.000000310. The summed E-state index contributed by atoms with van der Waals surface area (Å²) in [4.78, 5) is 0. The van der Waals surface area contributed by atoms with E-state index in [1.165, 1.54) is 0 Å². The van der Waals surface area contributed by atoms with Crippen LogP contribution >= 0.6 is 0 Å². The predicted octanol–water partition coefficient (Wildman–Crippen LogP) is -0.280. The lowest BCUT2D eigenvalue weighted by Gasteiger charge is -1.94. The molecule has 72 valence electrons. The van der Waals surface area contributed by atoms with Gasteiger partial charge in [-0.15, -0.1) is 0 Å². The van der Waals surface area contributed by atoms with Crippen LogP contribution in [0.25, 0.3) is 0 Å². The van der Waals surface area contributed by atoms with Crippen LogP contribution < -0.4 is 11.2 Å². The van der Waals surface area contributed by atoms with E-state index >= 15 is 0 Å². The van der Waals surface area contributed by atoms with Gasteiger partial charge in [0, 0.05) is 0 Å². The normalized spacial score (nSPS) is 9.08. The van der Waals surface area contributed by atoms with E-state index in [1.807, 2.05) is 19.9 Å². The average molecular weight is 181 g/mol. The van der Waals surface area contributed by atoms with Crippen molar-refractivity contribution in [2.75, 3.05) is 0 Å². The highest BCUT2D eigenvalue weighted by atomic mass is 16.4. The van der Waals surface area contributed by atoms with Crippen molar-refractivity contribution in [3.05, 3.63) is 30.3 Å². The quantitative estimate of drug-likeness (QED) is 0.522. The van der Waals surface area contributed by atoms with Gasteiger partial charge in [-0.2, -0.15) is 0 Å². The van der Waals surface area contributed by atoms with Crippen molar-refractivity contribution < 1.29 is 10.0 Å². The van der Waals surface area contributed by atoms with Gasteiger partial charge in [0.15, 0.2) is 0 Å². The Morgan fingerprint density at radius 3 is 1.77 bits per heavy atom. The maximum atomic E-state index is 8.58. The third-order valence-corrected chi connectivity index (χ3v) is 1.10. The minimum Gasteiger partial charge on any atom is -0.423 e. The molecule has 0 unspecified atom stereocenters. The Hall–Kier alpha value is -0.835. The topological polar surface area (TPSA) is 66.5 Å². The molecule has 0 spiro atoms. The smallest absolute Gasteiger partial charge is 0.423 e. The zero-order valence-electron chi connectivity index (χ0n) is 8.01. The van der Waals surface area contributed by atoms with Gasteiger partial charge in [0.1, 0.15) is 0 Å². The first-order chi connectivity index (χ1) is 6.04. The molecule has 0 saturated carbocycles. The summed E-state index contributed by atoms with van der Waals surface area (Å²) in [7, 11) is -1.34. The molecule has 1 rings (SSSR count). The lowest BCUT2D eigenvalue weighted by Crippen LogP contribution is -2.29. The van der Waals surface area contributed by atoms with Crippen LogP contribution in [0, 0.1) is 0 Å². The van der Waals surface area contributed by atoms with E-state index < -0.39 is 7.12 Å². The molecule has 0 aliphatic rings. The van der Waals surface area contributed by atoms with Crippen LogP contribution in [-0.4, -0.2) is 23.2 Å². The first-order valence-electron chi connectivity index (χ1n) is 4.20. The molecule has 0 heterocycles. The fraction of sp³-hybridized carbons (Fsp3) is 0.333. The summed E-state index contributed by atoms with van der Waals surface area (Å²) in [5.74, 6) is 0. The van der Waals surface area contributed by atoms with Crippen LogP contribution in [0.3, 0.4) is 0 Å². The van der Waals surface area contributed by atoms with Crippen LogP contribution in [-0.2, 0) is 0 Å². The lowest BCUT2D eigenvalue weighted by atomic mass is 9.81. The minimum atomic E-state index is -1.34. The SMILES string of the molecule is CC(C)N.OB(O)c1ccccc1. The molecule has 0 aliphatic carbocycles. The maximum absolute atomic E-state index is 8.58. The highest BCUT2D eigenvalue weighted by Crippen LogP contribution is 1.82. The van der Waals surface area contributed by atoms with Gasteiger partial charge < -0.3 is 15.8 Å². The Bertz CT molecular complexity index is 211. The Kier molecular flexibility index (Phi) is 6.23. The zero-order chi connectivity index (χ0) is 10.3. The summed E-state index contributed by atoms with van der Waals surface area (Å²) < 4.78 is 0. The van der Waals surface area contributed by atoms with Crippen molar-refractivity contribution in [3.63, 3.8) is 0 Å². The number of benzene rings is 1. The van der Waals surface area contributed by atoms with Gasteiger partial charge in [-0.1, -0.05) is 44.2 Å². The van der Waals surface area contributed by atoms with Crippen LogP contribution in [0.4, 0.5) is 0 Å². The molecule has 3 nitrogen and oxygen atoms in total. The van der Waals surface area contributed by atoms with Crippen molar-refractivity contribution in [1.29, 1.82) is 0 Å². The van der Waals surface area contributed by atoms with Gasteiger partial charge in [0.25, 0.3) is 0 Å². The van der Waals surface area contributed by atoms with Gasteiger partial charge >= 0.3 is 7.12 Å². The Morgan fingerprint density at radius 1 is 1.15 bits per heavy atom. The molecule has 0 atom stereocenters. The molecule has 0 radical (unpaired) electrons. The highest BCUT2D eigenvalue weighted by molar-refractivity contribution is 6.58. The summed E-state index contributed by atoms with van der Waals surface area (Å²) in [5.41, 5.74) is 5.64. The van der Waals surface area contributed by atoms with Crippen molar-refractivity contribution in [3.8, 4) is 0 Å². The van der Waals surface area contributed by atoms with E-state index in [4.69, 9.17) is 15.8 Å². The summed E-state index contributed by atoms with van der Waals surface area (Å²) >= 11 is 0. The monoisotopic (exact) mass is 181 g/mol. The predicted molar refractivity (Wildman–Crippen MR) is 55.6 cm³/mol. The van der Waals surface area contributed by atoms with Crippen LogP contribution in [0.2, 0.25) is 0 Å². The fourth-order valence-electron chi connectivity index (χ4n) is 0.625. The molecule has 0 bridgehead atoms. The van der Waals surface area contributed by atoms with E-state index in [9.17, 15) is 0 Å². The molecule has 13 heavy (non-hydrogen) atoms. The molecule has 1 aromatic carbocycles. The Labute approximate surface area is 79.4 Å². The van der Waals surface area contributed by atoms with E-state index in [0.717, 1.165) is 0 Å². The third-order valence-electron chi connectivity index (χ3n) is 1.10. The zero-order valence-corrected chi connectivity index (χ0v) is 8.01. The molecule has 4 N–H and O–H groups in total. The fourth-order valence-corrected chi connectivity index (χ4v) is 0.625. The molecule has 0 amide bonds. The van der Waals surface area contributed by atoms with Gasteiger partial charge in [-0.25, -0.2) is 0 Å². The molecule has 1 aromatic rings. The second-order valence-corrected chi connectivity index (χ2v) is 3.03. The average Bonchev–Trinajstić information content (AvgIpc) is 2.05. The largest absolute Gasteiger partial charge is 0.488 e. The summed E-state index contributed by atoms with van der Waals surface area (Å²) in [6.45, 7) is 3.89. The highest BCUT2D eigenvalue weighted by Gasteiger charge is 2.07. The van der Waals surface area contributed by atoms with Crippen molar-refractivity contribution in [2.24, 2.45) is 5.73 Å². The van der Waals surface area contributed by atoms with Crippen LogP contribution in [0.15, 0.2) is 30.3 Å². The van der Waals surface area contributed by atoms with Crippen molar-refractivity contribution in [1.82, 2.24) is 0 Å². The first-order valence-corrected chi connectivity index (χ1v) is 4.20. The van der Waals surface area contributed by atoms with E-state index in [1.54, 1.807) is 24.3 Å². The third kappa shape index (κ3) is 7.52. The number of hydrogen-bond acceptors (Lipinski definition) is 3. The number of rotatable bonds is 1. The second-order valence-electron chi connectivity index (χ2n) is 3.03. The van der Waals surface area contributed by atoms with Gasteiger partial charge in [-0.05, 0) is 11.5 Å². The minimum absolute atomic E-state index is 0.333. The molecule has 0 aromatic heterocycles. The summed E-state index contributed by atoms with van der Waals surface area (Å²) in [6, 6.07) is 8.99. The van der Waals surface area contributed by atoms with Gasteiger partial charge in [0.05, 0.1) is 0 Å². The van der Waals surface area contributed by atoms with Gasteiger partial charge in [0.2, 0.25) is 0 Å². The number of hydrogen-bond donors (Lipinski definition) is 3. The summed E-state index contributed by atoms with van der Waals surface area (Å²) in [5, 5.41) is 17.2. The lowest BCUT2D eigenvalue weighted by molar-refractivity contribution is 0.426. The van der Waals surface area contributed by atoms with Crippen molar-refractivity contribution in [2.45, 2.75) is 19.9 Å². The van der Waals surface area contributed by atoms with E-state index in [0.29, 0.717) is 11.5 Å². The molecule has 4 heteroatoms.